The number of methoxy groups -OCH3 is 1. The number of benzene rings is 2. The maximum absolute atomic E-state index is 13.6. The number of rotatable bonds is 9. The number of pyridine rings is 1. The van der Waals surface area contributed by atoms with E-state index in [-0.39, 0.29) is 30.9 Å². The lowest BCUT2D eigenvalue weighted by atomic mass is 9.70. The van der Waals surface area contributed by atoms with E-state index in [0.717, 1.165) is 37.9 Å². The number of nitrogens with zero attached hydrogens (tertiary/aromatic N) is 3. The van der Waals surface area contributed by atoms with Crippen molar-refractivity contribution in [1.29, 1.82) is 0 Å². The molecule has 2 aromatic carbocycles. The minimum Gasteiger partial charge on any atom is -0.496 e. The summed E-state index contributed by atoms with van der Waals surface area (Å²) in [6.45, 7) is 2.93. The molecule has 2 aliphatic heterocycles. The Kier molecular flexibility index (Phi) is 8.71. The van der Waals surface area contributed by atoms with Gasteiger partial charge in [0, 0.05) is 30.6 Å². The van der Waals surface area contributed by atoms with Gasteiger partial charge in [-0.1, -0.05) is 6.07 Å². The zero-order valence-corrected chi connectivity index (χ0v) is 26.1. The number of halogens is 6. The Labute approximate surface area is 272 Å². The van der Waals surface area contributed by atoms with Crippen LogP contribution in [0.15, 0.2) is 48.5 Å². The quantitative estimate of drug-likeness (QED) is 0.229. The third kappa shape index (κ3) is 6.61. The lowest BCUT2D eigenvalue weighted by molar-refractivity contribution is -0.143. The van der Waals surface area contributed by atoms with Gasteiger partial charge in [0.25, 0.3) is 0 Å². The SMILES string of the molecule is COc1ccc([C@H]2C[C@@H](CC(=O)O)C2)cc1-c1ccc(N2CCC2)nc1CN1C(=O)O[C@H](c2cc(C(F)(F)F)cc(C(F)(F)F)c2)[C@@H]1C. The predicted octanol–water partition coefficient (Wildman–Crippen LogP) is 8.06. The first-order valence-corrected chi connectivity index (χ1v) is 15.5. The number of ether oxygens (including phenoxy) is 2. The molecular weight excluding hydrogens is 644 g/mol. The smallest absolute Gasteiger partial charge is 0.416 e. The van der Waals surface area contributed by atoms with Crippen LogP contribution in [0, 0.1) is 5.92 Å². The lowest BCUT2D eigenvalue weighted by Gasteiger charge is -2.35. The lowest BCUT2D eigenvalue weighted by Crippen LogP contribution is -2.38. The van der Waals surface area contributed by atoms with Crippen molar-refractivity contribution in [3.8, 4) is 16.9 Å². The maximum Gasteiger partial charge on any atom is 0.416 e. The van der Waals surface area contributed by atoms with Gasteiger partial charge in [0.05, 0.1) is 36.5 Å². The van der Waals surface area contributed by atoms with E-state index in [1.54, 1.807) is 0 Å². The second-order valence-corrected chi connectivity index (χ2v) is 12.6. The topological polar surface area (TPSA) is 92.2 Å². The molecule has 0 radical (unpaired) electrons. The van der Waals surface area contributed by atoms with E-state index in [4.69, 9.17) is 19.6 Å². The summed E-state index contributed by atoms with van der Waals surface area (Å²) in [6, 6.07) is 9.68. The molecule has 14 heteroatoms. The molecule has 1 saturated carbocycles. The summed E-state index contributed by atoms with van der Waals surface area (Å²) in [4.78, 5) is 32.6. The zero-order valence-electron chi connectivity index (χ0n) is 26.1. The number of carbonyl (C=O) groups excluding carboxylic acids is 1. The molecule has 48 heavy (non-hydrogen) atoms. The van der Waals surface area contributed by atoms with Crippen molar-refractivity contribution in [2.24, 2.45) is 5.92 Å². The summed E-state index contributed by atoms with van der Waals surface area (Å²) in [5.74, 6) is 0.594. The van der Waals surface area contributed by atoms with Gasteiger partial charge < -0.3 is 19.5 Å². The maximum atomic E-state index is 13.6. The molecular formula is C34H33F6N3O5. The Morgan fingerprint density at radius 2 is 1.62 bits per heavy atom. The summed E-state index contributed by atoms with van der Waals surface area (Å²) >= 11 is 0. The molecule has 1 N–H and O–H groups in total. The van der Waals surface area contributed by atoms with Crippen LogP contribution in [0.1, 0.15) is 72.6 Å². The molecule has 8 nitrogen and oxygen atoms in total. The number of aromatic nitrogens is 1. The van der Waals surface area contributed by atoms with Crippen LogP contribution in [-0.2, 0) is 28.4 Å². The van der Waals surface area contributed by atoms with Gasteiger partial charge in [-0.15, -0.1) is 0 Å². The molecule has 0 unspecified atom stereocenters. The molecule has 1 amide bonds. The average Bonchev–Trinajstić information content (AvgIpc) is 3.25. The van der Waals surface area contributed by atoms with Gasteiger partial charge in [0.15, 0.2) is 0 Å². The summed E-state index contributed by atoms with van der Waals surface area (Å²) in [5.41, 5.74) is -0.666. The highest BCUT2D eigenvalue weighted by molar-refractivity contribution is 5.76. The van der Waals surface area contributed by atoms with Crippen molar-refractivity contribution < 1.29 is 50.5 Å². The number of carbonyl (C=O) groups is 2. The van der Waals surface area contributed by atoms with Crippen LogP contribution >= 0.6 is 0 Å². The van der Waals surface area contributed by atoms with Crippen molar-refractivity contribution in [3.63, 3.8) is 0 Å². The normalized spacial score (nSPS) is 22.6. The minimum absolute atomic E-state index is 0.0393. The van der Waals surface area contributed by atoms with Gasteiger partial charge in [-0.05, 0) is 91.6 Å². The van der Waals surface area contributed by atoms with Crippen molar-refractivity contribution in [1.82, 2.24) is 9.88 Å². The van der Waals surface area contributed by atoms with Crippen LogP contribution in [0.5, 0.6) is 5.75 Å². The van der Waals surface area contributed by atoms with Gasteiger partial charge in [-0.2, -0.15) is 26.3 Å². The highest BCUT2D eigenvalue weighted by Crippen LogP contribution is 2.46. The van der Waals surface area contributed by atoms with Crippen LogP contribution < -0.4 is 9.64 Å². The monoisotopic (exact) mass is 677 g/mol. The predicted molar refractivity (Wildman–Crippen MR) is 161 cm³/mol. The average molecular weight is 678 g/mol. The molecule has 1 aliphatic carbocycles. The fourth-order valence-corrected chi connectivity index (χ4v) is 6.65. The third-order valence-electron chi connectivity index (χ3n) is 9.47. The Hall–Kier alpha value is -4.49. The molecule has 2 atom stereocenters. The van der Waals surface area contributed by atoms with Crippen molar-refractivity contribution in [2.75, 3.05) is 25.1 Å². The second kappa shape index (κ2) is 12.5. The summed E-state index contributed by atoms with van der Waals surface area (Å²) in [5, 5.41) is 9.15. The van der Waals surface area contributed by atoms with Crippen LogP contribution in [0.3, 0.4) is 0 Å². The van der Waals surface area contributed by atoms with Gasteiger partial charge in [-0.3, -0.25) is 9.69 Å². The molecule has 2 saturated heterocycles. The van der Waals surface area contributed by atoms with Gasteiger partial charge in [0.1, 0.15) is 17.7 Å². The van der Waals surface area contributed by atoms with E-state index in [9.17, 15) is 35.9 Å². The molecule has 256 valence electrons. The first-order valence-electron chi connectivity index (χ1n) is 15.5. The molecule has 0 spiro atoms. The van der Waals surface area contributed by atoms with E-state index >= 15 is 0 Å². The molecule has 3 fully saturated rings. The van der Waals surface area contributed by atoms with Gasteiger partial charge in [-0.25, -0.2) is 9.78 Å². The van der Waals surface area contributed by atoms with E-state index in [0.29, 0.717) is 40.5 Å². The number of carboxylic acid groups (broad SMARTS) is 1. The molecule has 3 aliphatic rings. The van der Waals surface area contributed by atoms with E-state index in [1.807, 2.05) is 35.2 Å². The summed E-state index contributed by atoms with van der Waals surface area (Å²) in [6.07, 6.45) is -9.88. The number of hydrogen-bond donors (Lipinski definition) is 1. The van der Waals surface area contributed by atoms with Gasteiger partial charge >= 0.3 is 24.4 Å². The van der Waals surface area contributed by atoms with Crippen molar-refractivity contribution in [2.45, 2.75) is 69.6 Å². The number of aliphatic carboxylic acids is 1. The van der Waals surface area contributed by atoms with E-state index < -0.39 is 53.3 Å². The van der Waals surface area contributed by atoms with E-state index in [2.05, 4.69) is 0 Å². The molecule has 3 heterocycles. The largest absolute Gasteiger partial charge is 0.496 e. The van der Waals surface area contributed by atoms with E-state index in [1.165, 1.54) is 18.9 Å². The van der Waals surface area contributed by atoms with Crippen LogP contribution in [0.2, 0.25) is 0 Å². The molecule has 3 aromatic rings. The Bertz CT molecular complexity index is 1690. The summed E-state index contributed by atoms with van der Waals surface area (Å²) in [7, 11) is 1.51. The Morgan fingerprint density at radius 1 is 0.958 bits per heavy atom. The Balaban J connectivity index is 1.34. The second-order valence-electron chi connectivity index (χ2n) is 12.6. The zero-order chi connectivity index (χ0) is 34.5. The minimum atomic E-state index is -5.05. The van der Waals surface area contributed by atoms with Gasteiger partial charge in [0.2, 0.25) is 0 Å². The number of carboxylic acids is 1. The molecule has 6 rings (SSSR count). The van der Waals surface area contributed by atoms with Crippen LogP contribution in [0.25, 0.3) is 11.1 Å². The number of amides is 1. The highest BCUT2D eigenvalue weighted by atomic mass is 19.4. The van der Waals surface area contributed by atoms with Crippen molar-refractivity contribution >= 4 is 17.9 Å². The fraction of sp³-hybridized carbons (Fsp3) is 0.441. The fourth-order valence-electron chi connectivity index (χ4n) is 6.65. The molecule has 1 aromatic heterocycles. The highest BCUT2D eigenvalue weighted by Gasteiger charge is 2.44. The first-order chi connectivity index (χ1) is 22.6. The third-order valence-corrected chi connectivity index (χ3v) is 9.47. The Morgan fingerprint density at radius 3 is 2.19 bits per heavy atom. The number of anilines is 1. The summed E-state index contributed by atoms with van der Waals surface area (Å²) < 4.78 is 92.8. The van der Waals surface area contributed by atoms with Crippen LogP contribution in [-0.4, -0.2) is 53.3 Å². The number of hydrogen-bond acceptors (Lipinski definition) is 6. The van der Waals surface area contributed by atoms with Crippen molar-refractivity contribution in [3.05, 3.63) is 76.5 Å². The number of cyclic esters (lactones) is 1. The first kappa shape index (κ1) is 33.4. The standard InChI is InChI=1S/C34H33F6N3O5/c1-18-31(22-13-23(33(35,36)37)16-24(14-22)34(38,39)40)48-32(46)43(18)17-27-25(5-7-29(41-27)42-8-3-9-42)26-15-20(4-6-28(26)47-2)21-10-19(11-21)12-30(44)45/h4-7,13-16,18-19,21,31H,3,8-12,17H2,1-2H3,(H,44,45)/t18-,19-,21+,31-/m0/s1. The molecule has 0 bridgehead atoms. The van der Waals surface area contributed by atoms with Crippen LogP contribution in [0.4, 0.5) is 37.0 Å². The number of alkyl halides is 6.